The van der Waals surface area contributed by atoms with Crippen molar-refractivity contribution in [3.05, 3.63) is 67.6 Å². The van der Waals surface area contributed by atoms with Gasteiger partial charge in [-0.1, -0.05) is 51.3 Å². The summed E-state index contributed by atoms with van der Waals surface area (Å²) in [5, 5.41) is 1.05. The maximum absolute atomic E-state index is 6.50. The van der Waals surface area contributed by atoms with Crippen LogP contribution in [-0.2, 0) is 6.42 Å². The van der Waals surface area contributed by atoms with E-state index < -0.39 is 0 Å². The molecule has 0 spiro atoms. The molecular weight excluding hydrogens is 366 g/mol. The lowest BCUT2D eigenvalue weighted by molar-refractivity contribution is 0.909. The monoisotopic (exact) mass is 376 g/mol. The van der Waals surface area contributed by atoms with E-state index >= 15 is 0 Å². The van der Waals surface area contributed by atoms with Gasteiger partial charge in [-0.05, 0) is 54.3 Å². The van der Waals surface area contributed by atoms with Gasteiger partial charge in [0.05, 0.1) is 15.4 Å². The Hall–Kier alpha value is -0.210. The smallest absolute Gasteiger partial charge is 0.0628 e. The molecule has 0 aliphatic carbocycles. The quantitative estimate of drug-likeness (QED) is 0.529. The SMILES string of the molecule is Cc1cc(Br)ccc1C(Cl)Cc1ccc(Cl)c(Cl)c1. The van der Waals surface area contributed by atoms with Gasteiger partial charge in [0.25, 0.3) is 0 Å². The van der Waals surface area contributed by atoms with Gasteiger partial charge < -0.3 is 0 Å². The molecular formula is C15H12BrCl3. The number of rotatable bonds is 3. The molecule has 0 bridgehead atoms. The number of halogens is 4. The van der Waals surface area contributed by atoms with Gasteiger partial charge in [-0.3, -0.25) is 0 Å². The number of alkyl halides is 1. The summed E-state index contributed by atoms with van der Waals surface area (Å²) < 4.78 is 1.06. The largest absolute Gasteiger partial charge is 0.117 e. The van der Waals surface area contributed by atoms with Gasteiger partial charge >= 0.3 is 0 Å². The Kier molecular flexibility index (Phi) is 5.19. The summed E-state index contributed by atoms with van der Waals surface area (Å²) in [5.41, 5.74) is 3.39. The molecule has 0 aromatic heterocycles. The van der Waals surface area contributed by atoms with Crippen molar-refractivity contribution in [3.63, 3.8) is 0 Å². The molecule has 0 nitrogen and oxygen atoms in total. The molecule has 0 saturated heterocycles. The van der Waals surface area contributed by atoms with Gasteiger partial charge in [0.2, 0.25) is 0 Å². The summed E-state index contributed by atoms with van der Waals surface area (Å²) in [6, 6.07) is 11.8. The molecule has 100 valence electrons. The molecule has 0 amide bonds. The Morgan fingerprint density at radius 2 is 1.79 bits per heavy atom. The van der Waals surface area contributed by atoms with Crippen LogP contribution in [0.5, 0.6) is 0 Å². The van der Waals surface area contributed by atoms with E-state index in [1.54, 1.807) is 6.07 Å². The lowest BCUT2D eigenvalue weighted by Crippen LogP contribution is -1.98. The molecule has 0 fully saturated rings. The van der Waals surface area contributed by atoms with Crippen molar-refractivity contribution in [3.8, 4) is 0 Å². The van der Waals surface area contributed by atoms with E-state index in [1.165, 1.54) is 5.56 Å². The lowest BCUT2D eigenvalue weighted by atomic mass is 10.0. The Bertz CT molecular complexity index is 596. The second kappa shape index (κ2) is 6.49. The normalized spacial score (nSPS) is 12.5. The summed E-state index contributed by atoms with van der Waals surface area (Å²) >= 11 is 21.9. The number of aryl methyl sites for hydroxylation is 1. The topological polar surface area (TPSA) is 0 Å². The van der Waals surface area contributed by atoms with Crippen LogP contribution in [0.3, 0.4) is 0 Å². The minimum atomic E-state index is -0.0784. The Morgan fingerprint density at radius 3 is 2.42 bits per heavy atom. The molecule has 0 saturated carbocycles. The van der Waals surface area contributed by atoms with Crippen LogP contribution in [0, 0.1) is 6.92 Å². The molecule has 19 heavy (non-hydrogen) atoms. The van der Waals surface area contributed by atoms with Crippen LogP contribution >= 0.6 is 50.7 Å². The fourth-order valence-electron chi connectivity index (χ4n) is 1.97. The lowest BCUT2D eigenvalue weighted by Gasteiger charge is -2.13. The highest BCUT2D eigenvalue weighted by molar-refractivity contribution is 9.10. The van der Waals surface area contributed by atoms with Gasteiger partial charge in [0, 0.05) is 4.47 Å². The molecule has 0 heterocycles. The zero-order valence-electron chi connectivity index (χ0n) is 10.3. The van der Waals surface area contributed by atoms with Crippen molar-refractivity contribution in [1.29, 1.82) is 0 Å². The van der Waals surface area contributed by atoms with Crippen molar-refractivity contribution >= 4 is 50.7 Å². The summed E-state index contributed by atoms with van der Waals surface area (Å²) in [5.74, 6) is 0. The third-order valence-corrected chi connectivity index (χ3v) is 4.59. The first kappa shape index (κ1) is 15.2. The first-order chi connectivity index (χ1) is 8.97. The zero-order chi connectivity index (χ0) is 14.0. The predicted octanol–water partition coefficient (Wildman–Crippen LogP) is 6.59. The van der Waals surface area contributed by atoms with Crippen LogP contribution in [0.15, 0.2) is 40.9 Å². The molecule has 1 unspecified atom stereocenters. The number of hydrogen-bond donors (Lipinski definition) is 0. The minimum absolute atomic E-state index is 0.0784. The first-order valence-electron chi connectivity index (χ1n) is 5.81. The average molecular weight is 379 g/mol. The van der Waals surface area contributed by atoms with E-state index in [9.17, 15) is 0 Å². The van der Waals surface area contributed by atoms with Gasteiger partial charge in [0.1, 0.15) is 0 Å². The fourth-order valence-corrected chi connectivity index (χ4v) is 3.19. The third kappa shape index (κ3) is 3.88. The standard InChI is InChI=1S/C15H12BrCl3/c1-9-6-11(16)3-4-12(9)14(18)7-10-2-5-13(17)15(19)8-10/h2-6,8,14H,7H2,1H3. The summed E-state index contributed by atoms with van der Waals surface area (Å²) in [7, 11) is 0. The molecule has 2 aromatic carbocycles. The van der Waals surface area contributed by atoms with Gasteiger partial charge in [-0.2, -0.15) is 0 Å². The summed E-state index contributed by atoms with van der Waals surface area (Å²) in [6.07, 6.45) is 0.723. The van der Waals surface area contributed by atoms with E-state index in [0.29, 0.717) is 10.0 Å². The van der Waals surface area contributed by atoms with Crippen LogP contribution < -0.4 is 0 Å². The maximum Gasteiger partial charge on any atom is 0.0628 e. The predicted molar refractivity (Wildman–Crippen MR) is 87.6 cm³/mol. The Balaban J connectivity index is 2.20. The van der Waals surface area contributed by atoms with Gasteiger partial charge in [0.15, 0.2) is 0 Å². The van der Waals surface area contributed by atoms with E-state index in [2.05, 4.69) is 35.0 Å². The van der Waals surface area contributed by atoms with Crippen molar-refractivity contribution in [2.24, 2.45) is 0 Å². The van der Waals surface area contributed by atoms with E-state index in [1.807, 2.05) is 18.2 Å². The highest BCUT2D eigenvalue weighted by Gasteiger charge is 2.12. The van der Waals surface area contributed by atoms with Crippen molar-refractivity contribution in [2.75, 3.05) is 0 Å². The van der Waals surface area contributed by atoms with Crippen molar-refractivity contribution in [2.45, 2.75) is 18.7 Å². The molecule has 0 N–H and O–H groups in total. The molecule has 0 aliphatic rings. The number of hydrogen-bond acceptors (Lipinski definition) is 0. The third-order valence-electron chi connectivity index (χ3n) is 2.97. The van der Waals surface area contributed by atoms with Crippen LogP contribution in [0.1, 0.15) is 22.1 Å². The van der Waals surface area contributed by atoms with Crippen molar-refractivity contribution in [1.82, 2.24) is 0 Å². The van der Waals surface area contributed by atoms with Crippen LogP contribution in [0.25, 0.3) is 0 Å². The van der Waals surface area contributed by atoms with E-state index in [4.69, 9.17) is 34.8 Å². The molecule has 2 aromatic rings. The van der Waals surface area contributed by atoms with Gasteiger partial charge in [-0.25, -0.2) is 0 Å². The van der Waals surface area contributed by atoms with E-state index in [0.717, 1.165) is 22.0 Å². The average Bonchev–Trinajstić information content (AvgIpc) is 2.33. The highest BCUT2D eigenvalue weighted by Crippen LogP contribution is 2.31. The minimum Gasteiger partial charge on any atom is -0.117 e. The molecule has 0 aliphatic heterocycles. The second-order valence-corrected chi connectivity index (χ2v) is 6.68. The molecule has 0 radical (unpaired) electrons. The van der Waals surface area contributed by atoms with Crippen LogP contribution in [-0.4, -0.2) is 0 Å². The zero-order valence-corrected chi connectivity index (χ0v) is 14.1. The summed E-state index contributed by atoms with van der Waals surface area (Å²) in [6.45, 7) is 2.06. The second-order valence-electron chi connectivity index (χ2n) is 4.42. The van der Waals surface area contributed by atoms with Gasteiger partial charge in [-0.15, -0.1) is 11.6 Å². The summed E-state index contributed by atoms with van der Waals surface area (Å²) in [4.78, 5) is 0. The van der Waals surface area contributed by atoms with Crippen LogP contribution in [0.2, 0.25) is 10.0 Å². The highest BCUT2D eigenvalue weighted by atomic mass is 79.9. The first-order valence-corrected chi connectivity index (χ1v) is 7.80. The van der Waals surface area contributed by atoms with Crippen LogP contribution in [0.4, 0.5) is 0 Å². The maximum atomic E-state index is 6.50. The number of benzene rings is 2. The fraction of sp³-hybridized carbons (Fsp3) is 0.200. The van der Waals surface area contributed by atoms with Crippen molar-refractivity contribution < 1.29 is 0 Å². The molecule has 4 heteroatoms. The van der Waals surface area contributed by atoms with E-state index in [-0.39, 0.29) is 5.38 Å². The Morgan fingerprint density at radius 1 is 1.05 bits per heavy atom. The Labute approximate surface area is 136 Å². The molecule has 1 atom stereocenters. The molecule has 2 rings (SSSR count).